The van der Waals surface area contributed by atoms with Crippen molar-refractivity contribution < 1.29 is 17.9 Å². The van der Waals surface area contributed by atoms with Gasteiger partial charge >= 0.3 is 0 Å². The lowest BCUT2D eigenvalue weighted by molar-refractivity contribution is -0.116. The summed E-state index contributed by atoms with van der Waals surface area (Å²) in [5, 5.41) is 2.70. The van der Waals surface area contributed by atoms with Crippen LogP contribution in [0, 0.1) is 0 Å². The van der Waals surface area contributed by atoms with Crippen molar-refractivity contribution in [2.45, 2.75) is 50.8 Å². The first-order valence-electron chi connectivity index (χ1n) is 9.48. The van der Waals surface area contributed by atoms with Crippen LogP contribution in [0.1, 0.15) is 46.1 Å². The highest BCUT2D eigenvalue weighted by molar-refractivity contribution is 7.91. The van der Waals surface area contributed by atoms with Gasteiger partial charge in [0.15, 0.2) is 9.84 Å². The van der Waals surface area contributed by atoms with E-state index >= 15 is 0 Å². The van der Waals surface area contributed by atoms with Gasteiger partial charge in [-0.25, -0.2) is 8.42 Å². The normalized spacial score (nSPS) is 11.9. The lowest BCUT2D eigenvalue weighted by atomic mass is 9.87. The van der Waals surface area contributed by atoms with Gasteiger partial charge in [0.1, 0.15) is 5.75 Å². The van der Waals surface area contributed by atoms with Gasteiger partial charge in [-0.1, -0.05) is 52.0 Å². The summed E-state index contributed by atoms with van der Waals surface area (Å²) in [6.45, 7) is 8.47. The molecule has 0 spiro atoms. The Morgan fingerprint density at radius 2 is 1.68 bits per heavy atom. The topological polar surface area (TPSA) is 72.5 Å². The van der Waals surface area contributed by atoms with E-state index in [4.69, 9.17) is 4.74 Å². The van der Waals surface area contributed by atoms with Crippen LogP contribution >= 0.6 is 0 Å². The molecule has 0 atom stereocenters. The lowest BCUT2D eigenvalue weighted by Crippen LogP contribution is -2.16. The number of sulfone groups is 1. The monoisotopic (exact) mass is 403 g/mol. The maximum atomic E-state index is 12.2. The van der Waals surface area contributed by atoms with E-state index in [0.717, 1.165) is 5.75 Å². The van der Waals surface area contributed by atoms with Crippen molar-refractivity contribution in [3.05, 3.63) is 54.1 Å². The fraction of sp³-hybridized carbons (Fsp3) is 0.409. The third-order valence-corrected chi connectivity index (χ3v) is 6.20. The SMILES string of the molecule is CCS(=O)(=O)c1ccccc1NC(=O)CCCOc1ccc(C(C)(C)C)cc1. The highest BCUT2D eigenvalue weighted by Gasteiger charge is 2.17. The van der Waals surface area contributed by atoms with Gasteiger partial charge < -0.3 is 10.1 Å². The molecule has 1 N–H and O–H groups in total. The zero-order chi connectivity index (χ0) is 20.8. The second-order valence-electron chi connectivity index (χ2n) is 7.67. The van der Waals surface area contributed by atoms with Crippen LogP contribution in [0.15, 0.2) is 53.4 Å². The molecule has 0 radical (unpaired) electrons. The molecule has 28 heavy (non-hydrogen) atoms. The van der Waals surface area contributed by atoms with Crippen molar-refractivity contribution in [2.75, 3.05) is 17.7 Å². The number of benzene rings is 2. The van der Waals surface area contributed by atoms with Gasteiger partial charge in [-0.05, 0) is 41.7 Å². The van der Waals surface area contributed by atoms with Gasteiger partial charge in [0.2, 0.25) is 5.91 Å². The summed E-state index contributed by atoms with van der Waals surface area (Å²) in [5.74, 6) is 0.528. The fourth-order valence-electron chi connectivity index (χ4n) is 2.68. The van der Waals surface area contributed by atoms with E-state index in [1.807, 2.05) is 24.3 Å². The molecule has 0 aliphatic rings. The molecule has 0 unspecified atom stereocenters. The maximum Gasteiger partial charge on any atom is 0.224 e. The quantitative estimate of drug-likeness (QED) is 0.655. The van der Waals surface area contributed by atoms with Gasteiger partial charge in [0.05, 0.1) is 22.9 Å². The molecule has 6 heteroatoms. The Hall–Kier alpha value is -2.34. The third kappa shape index (κ3) is 6.09. The standard InChI is InChI=1S/C22H29NO4S/c1-5-28(25,26)20-10-7-6-9-19(20)23-21(24)11-8-16-27-18-14-12-17(13-15-18)22(2,3)4/h6-7,9-10,12-15H,5,8,11,16H2,1-4H3,(H,23,24). The Morgan fingerprint density at radius 1 is 1.04 bits per heavy atom. The van der Waals surface area contributed by atoms with Crippen LogP contribution in [0.4, 0.5) is 5.69 Å². The average Bonchev–Trinajstić information content (AvgIpc) is 2.65. The number of carbonyl (C=O) groups is 1. The number of nitrogens with one attached hydrogen (secondary N) is 1. The van der Waals surface area contributed by atoms with Crippen molar-refractivity contribution in [1.29, 1.82) is 0 Å². The Morgan fingerprint density at radius 3 is 2.29 bits per heavy atom. The molecule has 0 saturated carbocycles. The van der Waals surface area contributed by atoms with E-state index in [-0.39, 0.29) is 28.4 Å². The van der Waals surface area contributed by atoms with E-state index in [1.165, 1.54) is 11.6 Å². The molecular weight excluding hydrogens is 374 g/mol. The molecule has 2 aromatic rings. The van der Waals surface area contributed by atoms with Crippen LogP contribution < -0.4 is 10.1 Å². The number of ether oxygens (including phenoxy) is 1. The molecule has 2 rings (SSSR count). The van der Waals surface area contributed by atoms with Crippen LogP contribution in [0.5, 0.6) is 5.75 Å². The van der Waals surface area contributed by atoms with E-state index in [2.05, 4.69) is 26.1 Å². The minimum Gasteiger partial charge on any atom is -0.494 e. The minimum atomic E-state index is -3.39. The van der Waals surface area contributed by atoms with Crippen molar-refractivity contribution in [2.24, 2.45) is 0 Å². The van der Waals surface area contributed by atoms with Gasteiger partial charge in [0, 0.05) is 6.42 Å². The van der Waals surface area contributed by atoms with Gasteiger partial charge in [-0.2, -0.15) is 0 Å². The summed E-state index contributed by atoms with van der Waals surface area (Å²) in [6.07, 6.45) is 0.788. The van der Waals surface area contributed by atoms with Crippen LogP contribution in [0.2, 0.25) is 0 Å². The van der Waals surface area contributed by atoms with E-state index in [9.17, 15) is 13.2 Å². The molecule has 0 aliphatic carbocycles. The van der Waals surface area contributed by atoms with Crippen molar-refractivity contribution >= 4 is 21.4 Å². The number of carbonyl (C=O) groups excluding carboxylic acids is 1. The van der Waals surface area contributed by atoms with Crippen LogP contribution in [0.25, 0.3) is 0 Å². The molecule has 0 fully saturated rings. The largest absolute Gasteiger partial charge is 0.494 e. The molecule has 0 aromatic heterocycles. The van der Waals surface area contributed by atoms with Gasteiger partial charge in [-0.3, -0.25) is 4.79 Å². The predicted octanol–water partition coefficient (Wildman–Crippen LogP) is 4.58. The number of hydrogen-bond acceptors (Lipinski definition) is 4. The van der Waals surface area contributed by atoms with Crippen LogP contribution in [-0.4, -0.2) is 26.7 Å². The highest BCUT2D eigenvalue weighted by atomic mass is 32.2. The van der Waals surface area contributed by atoms with Crippen molar-refractivity contribution in [3.8, 4) is 5.75 Å². The van der Waals surface area contributed by atoms with Crippen molar-refractivity contribution in [3.63, 3.8) is 0 Å². The Balaban J connectivity index is 1.84. The van der Waals surface area contributed by atoms with Crippen molar-refractivity contribution in [1.82, 2.24) is 0 Å². The summed E-state index contributed by atoms with van der Waals surface area (Å²) >= 11 is 0. The first kappa shape index (κ1) is 22.0. The van der Waals surface area contributed by atoms with E-state index in [1.54, 1.807) is 25.1 Å². The zero-order valence-electron chi connectivity index (χ0n) is 17.0. The number of amides is 1. The molecule has 0 saturated heterocycles. The Labute approximate surface area is 168 Å². The lowest BCUT2D eigenvalue weighted by Gasteiger charge is -2.19. The van der Waals surface area contributed by atoms with Gasteiger partial charge in [-0.15, -0.1) is 0 Å². The molecular formula is C22H29NO4S. The fourth-order valence-corrected chi connectivity index (χ4v) is 3.73. The number of anilines is 1. The van der Waals surface area contributed by atoms with E-state index < -0.39 is 9.84 Å². The smallest absolute Gasteiger partial charge is 0.224 e. The second kappa shape index (κ2) is 9.24. The molecule has 0 heterocycles. The highest BCUT2D eigenvalue weighted by Crippen LogP contribution is 2.24. The molecule has 5 nitrogen and oxygen atoms in total. The number of rotatable bonds is 8. The summed E-state index contributed by atoms with van der Waals surface area (Å²) in [5.41, 5.74) is 1.66. The third-order valence-electron chi connectivity index (χ3n) is 4.41. The molecule has 0 aliphatic heterocycles. The van der Waals surface area contributed by atoms with Crippen LogP contribution in [0.3, 0.4) is 0 Å². The Bertz CT molecular complexity index is 897. The first-order valence-corrected chi connectivity index (χ1v) is 11.1. The summed E-state index contributed by atoms with van der Waals surface area (Å²) in [7, 11) is -3.39. The predicted molar refractivity (Wildman–Crippen MR) is 113 cm³/mol. The van der Waals surface area contributed by atoms with Gasteiger partial charge in [0.25, 0.3) is 0 Å². The van der Waals surface area contributed by atoms with Crippen LogP contribution in [-0.2, 0) is 20.0 Å². The average molecular weight is 404 g/mol. The molecule has 1 amide bonds. The minimum absolute atomic E-state index is 0.0122. The summed E-state index contributed by atoms with van der Waals surface area (Å²) in [4.78, 5) is 12.3. The maximum absolute atomic E-state index is 12.2. The molecule has 152 valence electrons. The summed E-state index contributed by atoms with van der Waals surface area (Å²) < 4.78 is 30.0. The zero-order valence-corrected chi connectivity index (χ0v) is 17.8. The Kier molecular flexibility index (Phi) is 7.24. The molecule has 2 aromatic carbocycles. The number of hydrogen-bond donors (Lipinski definition) is 1. The summed E-state index contributed by atoms with van der Waals surface area (Å²) in [6, 6.07) is 14.4. The molecule has 0 bridgehead atoms. The number of para-hydroxylation sites is 1. The van der Waals surface area contributed by atoms with E-state index in [0.29, 0.717) is 18.7 Å². The second-order valence-corrected chi connectivity index (χ2v) is 9.92. The first-order chi connectivity index (χ1) is 13.1.